The second kappa shape index (κ2) is 19.4. The molecular formula is C44H25BF24N2O. The zero-order chi connectivity index (χ0) is 54.4. The summed E-state index contributed by atoms with van der Waals surface area (Å²) in [5, 5.41) is 0. The molecule has 72 heavy (non-hydrogen) atoms. The van der Waals surface area contributed by atoms with Crippen LogP contribution in [0.4, 0.5) is 105 Å². The first-order chi connectivity index (χ1) is 32.6. The largest absolute Gasteiger partial charge is 0.497 e. The fraction of sp³-hybridized carbons (Fsp3) is 0.227. The maximum absolute atomic E-state index is 14.2. The minimum atomic E-state index is -6.13. The fourth-order valence-corrected chi connectivity index (χ4v) is 7.51. The molecule has 0 amide bonds. The highest BCUT2D eigenvalue weighted by Gasteiger charge is 2.47. The van der Waals surface area contributed by atoms with Crippen molar-refractivity contribution in [2.75, 3.05) is 7.11 Å². The van der Waals surface area contributed by atoms with Crippen molar-refractivity contribution in [1.82, 2.24) is 4.98 Å². The minimum Gasteiger partial charge on any atom is -0.497 e. The van der Waals surface area contributed by atoms with Gasteiger partial charge in [0.05, 0.1) is 64.0 Å². The Labute approximate surface area is 388 Å². The number of nitrogens with zero attached hydrogens (tertiary/aromatic N) is 2. The lowest BCUT2D eigenvalue weighted by atomic mass is 9.12. The normalized spacial score (nSPS) is 13.4. The molecule has 0 aliphatic heterocycles. The average molecular weight is 1060 g/mol. The molecule has 6 aromatic rings. The molecule has 0 N–H and O–H groups in total. The molecule has 0 aliphatic carbocycles. The minimum absolute atomic E-state index is 0.691. The van der Waals surface area contributed by atoms with Crippen LogP contribution >= 0.6 is 0 Å². The van der Waals surface area contributed by atoms with Gasteiger partial charge in [0.1, 0.15) is 11.9 Å². The number of rotatable bonds is 7. The molecule has 6 rings (SSSR count). The number of hydrogen-bond acceptors (Lipinski definition) is 2. The van der Waals surface area contributed by atoms with E-state index in [-0.39, 0.29) is 0 Å². The van der Waals surface area contributed by atoms with Gasteiger partial charge in [-0.25, -0.2) is 0 Å². The second-order valence-corrected chi connectivity index (χ2v) is 15.5. The van der Waals surface area contributed by atoms with Crippen LogP contribution in [0.1, 0.15) is 50.1 Å². The summed E-state index contributed by atoms with van der Waals surface area (Å²) < 4.78 is 348. The van der Waals surface area contributed by atoms with Gasteiger partial charge in [0.25, 0.3) is 0 Å². The van der Waals surface area contributed by atoms with Crippen LogP contribution in [0.15, 0.2) is 122 Å². The van der Waals surface area contributed by atoms with Gasteiger partial charge in [0.2, 0.25) is 0 Å². The first kappa shape index (κ1) is 56.3. The van der Waals surface area contributed by atoms with Crippen molar-refractivity contribution in [2.45, 2.75) is 56.0 Å². The van der Waals surface area contributed by atoms with Crippen molar-refractivity contribution >= 4 is 28.0 Å². The molecule has 3 nitrogen and oxygen atoms in total. The van der Waals surface area contributed by atoms with Gasteiger partial charge in [0, 0.05) is 5.56 Å². The Bertz CT molecular complexity index is 2440. The molecule has 1 aromatic heterocycles. The lowest BCUT2D eigenvalue weighted by Crippen LogP contribution is -2.75. The lowest BCUT2D eigenvalue weighted by Gasteiger charge is -2.46. The van der Waals surface area contributed by atoms with E-state index < -0.39 is 195 Å². The van der Waals surface area contributed by atoms with Crippen molar-refractivity contribution in [3.05, 3.63) is 172 Å². The maximum Gasteiger partial charge on any atom is 0.416 e. The van der Waals surface area contributed by atoms with Crippen molar-refractivity contribution < 1.29 is 115 Å². The molecule has 28 heteroatoms. The van der Waals surface area contributed by atoms with Crippen LogP contribution in [-0.4, -0.2) is 18.2 Å². The van der Waals surface area contributed by atoms with Crippen molar-refractivity contribution in [1.29, 1.82) is 0 Å². The zero-order valence-corrected chi connectivity index (χ0v) is 35.2. The molecule has 1 heterocycles. The molecule has 0 spiro atoms. The molecule has 0 saturated carbocycles. The van der Waals surface area contributed by atoms with Gasteiger partial charge < -0.3 is 4.74 Å². The summed E-state index contributed by atoms with van der Waals surface area (Å²) in [6.45, 7) is 0.833. The van der Waals surface area contributed by atoms with Crippen LogP contribution in [0.2, 0.25) is 0 Å². The van der Waals surface area contributed by atoms with Crippen LogP contribution in [0, 0.1) is 0 Å². The number of aromatic nitrogens is 2. The fourth-order valence-electron chi connectivity index (χ4n) is 7.51. The highest BCUT2D eigenvalue weighted by atomic mass is 19.4. The molecule has 0 saturated heterocycles. The van der Waals surface area contributed by atoms with Crippen LogP contribution in [0.25, 0.3) is 0 Å². The van der Waals surface area contributed by atoms with Crippen LogP contribution in [0.5, 0.6) is 5.75 Å². The van der Waals surface area contributed by atoms with Gasteiger partial charge in [0.15, 0.2) is 18.9 Å². The summed E-state index contributed by atoms with van der Waals surface area (Å²) in [5.41, 5.74) is -29.0. The van der Waals surface area contributed by atoms with Crippen LogP contribution < -0.4 is 31.2 Å². The topological polar surface area (TPSA) is 26.0 Å². The van der Waals surface area contributed by atoms with Gasteiger partial charge in [-0.1, -0.05) is 60.7 Å². The Morgan fingerprint density at radius 2 is 0.625 bits per heavy atom. The molecule has 0 bridgehead atoms. The van der Waals surface area contributed by atoms with Gasteiger partial charge >= 0.3 is 49.4 Å². The number of methoxy groups -OCH3 is 1. The van der Waals surface area contributed by atoms with E-state index in [0.29, 0.717) is 0 Å². The van der Waals surface area contributed by atoms with E-state index in [9.17, 15) is 105 Å². The van der Waals surface area contributed by atoms with E-state index >= 15 is 0 Å². The van der Waals surface area contributed by atoms with Crippen molar-refractivity contribution in [2.24, 2.45) is 0 Å². The Morgan fingerprint density at radius 3 is 0.847 bits per heavy atom. The molecule has 0 radical (unpaired) electrons. The molecule has 0 atom stereocenters. The highest BCUT2D eigenvalue weighted by Crippen LogP contribution is 2.41. The summed E-state index contributed by atoms with van der Waals surface area (Å²) in [7, 11) is 1.68. The van der Waals surface area contributed by atoms with E-state index in [1.807, 2.05) is 30.6 Å². The predicted octanol–water partition coefficient (Wildman–Crippen LogP) is 12.6. The third-order valence-electron chi connectivity index (χ3n) is 10.6. The number of hydrogen-bond donors (Lipinski definition) is 0. The van der Waals surface area contributed by atoms with E-state index in [0.717, 1.165) is 12.3 Å². The van der Waals surface area contributed by atoms with Gasteiger partial charge in [-0.3, -0.25) is 4.98 Å². The monoisotopic (exact) mass is 1060 g/mol. The van der Waals surface area contributed by atoms with E-state index in [1.165, 1.54) is 5.56 Å². The third kappa shape index (κ3) is 13.1. The summed E-state index contributed by atoms with van der Waals surface area (Å²) >= 11 is 0. The Hall–Kier alpha value is -6.64. The van der Waals surface area contributed by atoms with E-state index in [1.54, 1.807) is 19.5 Å². The smallest absolute Gasteiger partial charge is 0.416 e. The maximum atomic E-state index is 14.2. The van der Waals surface area contributed by atoms with E-state index in [4.69, 9.17) is 4.74 Å². The molecular weight excluding hydrogens is 1040 g/mol. The Morgan fingerprint density at radius 1 is 0.375 bits per heavy atom. The quantitative estimate of drug-likeness (QED) is 0.0905. The van der Waals surface area contributed by atoms with Crippen LogP contribution in [-0.2, 0) is 56.0 Å². The summed E-state index contributed by atoms with van der Waals surface area (Å²) in [6.07, 6.45) is -47.4. The zero-order valence-electron chi connectivity index (χ0n) is 35.2. The number of ether oxygens (including phenoxy) is 1. The van der Waals surface area contributed by atoms with Crippen molar-refractivity contribution in [3.8, 4) is 5.75 Å². The standard InChI is InChI=1S/C32H12BF24.C12H13N2O/c34-25(35,36)13-1-14(26(37,38)39)6-21(5-13)33(22-7-15(27(40,41)42)2-16(8-22)28(43,44)45,23-9-17(29(46,47)48)3-18(10-23)30(49,50)51)24-11-19(31(52,53)54)4-20(12-24)32(55,56)57;1-15-12-4-2-3-11(9-12)10-14-7-5-13-6-8-14/h1-12H;2-9H,10H2,1H3/q-1;+1. The summed E-state index contributed by atoms with van der Waals surface area (Å²) in [6, 6.07) is -0.755. The van der Waals surface area contributed by atoms with Gasteiger partial charge in [-0.05, 0) is 36.4 Å². The Kier molecular flexibility index (Phi) is 15.2. The molecule has 0 fully saturated rings. The van der Waals surface area contributed by atoms with Crippen LogP contribution in [0.3, 0.4) is 0 Å². The average Bonchev–Trinajstić information content (AvgIpc) is 3.24. The SMILES string of the molecule is COc1cccc(C[n+]2ccncc2)c1.FC(F)(F)c1cc([B-](c2cc(C(F)(F)F)cc(C(F)(F)F)c2)(c2cc(C(F)(F)F)cc(C(F)(F)F)c2)c2cc(C(F)(F)F)cc(C(F)(F)F)c2)cc(C(F)(F)F)c1. The lowest BCUT2D eigenvalue weighted by molar-refractivity contribution is -0.688. The third-order valence-corrected chi connectivity index (χ3v) is 10.6. The Balaban J connectivity index is 0.000000542. The first-order valence-electron chi connectivity index (χ1n) is 19.4. The molecule has 388 valence electrons. The van der Waals surface area contributed by atoms with E-state index in [2.05, 4.69) is 15.6 Å². The second-order valence-electron chi connectivity index (χ2n) is 15.5. The first-order valence-corrected chi connectivity index (χ1v) is 19.4. The van der Waals surface area contributed by atoms with Gasteiger partial charge in [-0.2, -0.15) is 132 Å². The molecule has 0 aliphatic rings. The predicted molar refractivity (Wildman–Crippen MR) is 207 cm³/mol. The highest BCUT2D eigenvalue weighted by molar-refractivity contribution is 7.20. The van der Waals surface area contributed by atoms with Gasteiger partial charge in [-0.15, -0.1) is 0 Å². The van der Waals surface area contributed by atoms with Crippen molar-refractivity contribution in [3.63, 3.8) is 0 Å². The molecule has 0 unspecified atom stereocenters. The number of benzene rings is 5. The molecule has 5 aromatic carbocycles. The summed E-state index contributed by atoms with van der Waals surface area (Å²) in [5.74, 6) is 0.891. The summed E-state index contributed by atoms with van der Waals surface area (Å²) in [4.78, 5) is 3.98. The number of halogens is 24. The number of alkyl halides is 24.